The maximum Gasteiger partial charge on any atom is 0.328 e. The third-order valence-electron chi connectivity index (χ3n) is 3.33. The number of aromatic hydroxyl groups is 1. The third kappa shape index (κ3) is 1.94. The van der Waals surface area contributed by atoms with E-state index in [4.69, 9.17) is 6.57 Å². The van der Waals surface area contributed by atoms with Gasteiger partial charge in [-0.05, 0) is 12.5 Å². The van der Waals surface area contributed by atoms with Gasteiger partial charge in [0.05, 0.1) is 18.0 Å². The molecule has 0 saturated carbocycles. The van der Waals surface area contributed by atoms with Crippen LogP contribution in [-0.4, -0.2) is 20.8 Å². The van der Waals surface area contributed by atoms with Crippen molar-refractivity contribution in [1.82, 2.24) is 9.97 Å². The van der Waals surface area contributed by atoms with Crippen molar-refractivity contribution < 1.29 is 5.11 Å². The zero-order valence-electron chi connectivity index (χ0n) is 11.5. The molecule has 0 amide bonds. The lowest BCUT2D eigenvalue weighted by Crippen LogP contribution is -2.27. The van der Waals surface area contributed by atoms with E-state index in [-0.39, 0.29) is 11.3 Å². The summed E-state index contributed by atoms with van der Waals surface area (Å²) in [5.74, 6) is -0.552. The Labute approximate surface area is 124 Å². The van der Waals surface area contributed by atoms with E-state index in [9.17, 15) is 14.7 Å². The number of aromatic amines is 2. The van der Waals surface area contributed by atoms with E-state index in [1.54, 1.807) is 31.2 Å². The summed E-state index contributed by atoms with van der Waals surface area (Å²) in [6, 6.07) is 7.09. The summed E-state index contributed by atoms with van der Waals surface area (Å²) in [6.45, 7) is 8.76. The van der Waals surface area contributed by atoms with Gasteiger partial charge in [-0.1, -0.05) is 24.3 Å². The molecule has 0 saturated heterocycles. The molecule has 3 N–H and O–H groups in total. The summed E-state index contributed by atoms with van der Waals surface area (Å²) < 4.78 is 0. The average Bonchev–Trinajstić information content (AvgIpc) is 2.85. The monoisotopic (exact) mass is 294 g/mol. The molecule has 108 valence electrons. The van der Waals surface area contributed by atoms with Crippen molar-refractivity contribution in [1.29, 1.82) is 0 Å². The minimum Gasteiger partial charge on any atom is -0.494 e. The number of hydrogen-bond donors (Lipinski definition) is 3. The summed E-state index contributed by atoms with van der Waals surface area (Å²) in [4.78, 5) is 35.1. The van der Waals surface area contributed by atoms with E-state index in [2.05, 4.69) is 19.8 Å². The number of fused-ring (bicyclic) bond motifs is 1. The first-order chi connectivity index (χ1) is 10.5. The first kappa shape index (κ1) is 13.6. The van der Waals surface area contributed by atoms with Crippen molar-refractivity contribution in [2.24, 2.45) is 4.99 Å². The van der Waals surface area contributed by atoms with E-state index < -0.39 is 17.1 Å². The van der Waals surface area contributed by atoms with E-state index in [1.165, 1.54) is 0 Å². The number of nitrogens with one attached hydrogen (secondary N) is 2. The van der Waals surface area contributed by atoms with Crippen LogP contribution in [-0.2, 0) is 0 Å². The van der Waals surface area contributed by atoms with Crippen LogP contribution in [0.4, 0.5) is 0 Å². The molecule has 1 aromatic carbocycles. The SMILES string of the molecule is [C-]#[N+]/C(C)=C1/N=C(c2c(O)[nH]c(=O)[nH]c2=O)c2ccccc21. The number of rotatable bonds is 1. The van der Waals surface area contributed by atoms with Crippen LogP contribution in [0.1, 0.15) is 23.6 Å². The molecular formula is C15H10N4O3. The number of aliphatic imine (C=N–C) groups is 1. The lowest BCUT2D eigenvalue weighted by atomic mass is 10.0. The molecule has 1 aliphatic heterocycles. The van der Waals surface area contributed by atoms with Crippen molar-refractivity contribution in [3.8, 4) is 5.88 Å². The summed E-state index contributed by atoms with van der Waals surface area (Å²) in [6.07, 6.45) is 0. The summed E-state index contributed by atoms with van der Waals surface area (Å²) in [5, 5.41) is 9.91. The molecule has 0 bridgehead atoms. The summed E-state index contributed by atoms with van der Waals surface area (Å²) in [7, 11) is 0. The quantitative estimate of drug-likeness (QED) is 0.689. The minimum atomic E-state index is -0.800. The van der Waals surface area contributed by atoms with E-state index >= 15 is 0 Å². The Morgan fingerprint density at radius 1 is 1.23 bits per heavy atom. The predicted octanol–water partition coefficient (Wildman–Crippen LogP) is 1.23. The molecule has 22 heavy (non-hydrogen) atoms. The Morgan fingerprint density at radius 3 is 2.55 bits per heavy atom. The Hall–Kier alpha value is -3.40. The minimum absolute atomic E-state index is 0.125. The number of nitrogens with zero attached hydrogens (tertiary/aromatic N) is 2. The zero-order valence-corrected chi connectivity index (χ0v) is 11.5. The molecule has 0 radical (unpaired) electrons. The maximum absolute atomic E-state index is 12.0. The lowest BCUT2D eigenvalue weighted by molar-refractivity contribution is 0.447. The fourth-order valence-corrected chi connectivity index (χ4v) is 2.34. The number of H-pyrrole nitrogens is 2. The Morgan fingerprint density at radius 2 is 1.91 bits per heavy atom. The van der Waals surface area contributed by atoms with Gasteiger partial charge in [0, 0.05) is 5.56 Å². The molecule has 0 atom stereocenters. The van der Waals surface area contributed by atoms with Gasteiger partial charge >= 0.3 is 5.69 Å². The van der Waals surface area contributed by atoms with Gasteiger partial charge in [0.2, 0.25) is 5.88 Å². The highest BCUT2D eigenvalue weighted by atomic mass is 16.3. The van der Waals surface area contributed by atoms with Gasteiger partial charge in [0.25, 0.3) is 5.56 Å². The number of allylic oxidation sites excluding steroid dienone is 1. The lowest BCUT2D eigenvalue weighted by Gasteiger charge is -2.04. The molecule has 0 spiro atoms. The summed E-state index contributed by atoms with van der Waals surface area (Å²) >= 11 is 0. The van der Waals surface area contributed by atoms with Gasteiger partial charge in [-0.3, -0.25) is 19.8 Å². The topological polar surface area (TPSA) is 103 Å². The highest BCUT2D eigenvalue weighted by molar-refractivity contribution is 6.21. The van der Waals surface area contributed by atoms with Crippen LogP contribution in [0.3, 0.4) is 0 Å². The van der Waals surface area contributed by atoms with Crippen LogP contribution in [0.15, 0.2) is 44.5 Å². The van der Waals surface area contributed by atoms with Crippen molar-refractivity contribution in [2.45, 2.75) is 6.92 Å². The van der Waals surface area contributed by atoms with Crippen LogP contribution in [0.25, 0.3) is 10.5 Å². The van der Waals surface area contributed by atoms with Crippen molar-refractivity contribution in [2.75, 3.05) is 0 Å². The van der Waals surface area contributed by atoms with Crippen LogP contribution in [0, 0.1) is 6.57 Å². The standard InChI is InChI=1S/C15H10N4O3/c1-7(16-2)11-8-5-3-4-6-9(8)12(17-11)10-13(20)18-15(22)19-14(10)21/h3-6H,1H3,(H3,18,19,20,21,22)/b11-7+. The molecule has 1 aliphatic rings. The molecule has 3 rings (SSSR count). The van der Waals surface area contributed by atoms with Gasteiger partial charge in [0.1, 0.15) is 5.56 Å². The van der Waals surface area contributed by atoms with Gasteiger partial charge < -0.3 is 5.11 Å². The van der Waals surface area contributed by atoms with Gasteiger partial charge in [-0.2, -0.15) is 0 Å². The average molecular weight is 294 g/mol. The molecule has 2 heterocycles. The predicted molar refractivity (Wildman–Crippen MR) is 80.6 cm³/mol. The Kier molecular flexibility index (Phi) is 3.00. The zero-order chi connectivity index (χ0) is 15.9. The second-order valence-corrected chi connectivity index (χ2v) is 4.68. The molecule has 7 nitrogen and oxygen atoms in total. The van der Waals surface area contributed by atoms with Crippen molar-refractivity contribution >= 4 is 11.4 Å². The van der Waals surface area contributed by atoms with Crippen LogP contribution < -0.4 is 11.2 Å². The van der Waals surface area contributed by atoms with Gasteiger partial charge in [-0.15, -0.1) is 0 Å². The highest BCUT2D eigenvalue weighted by Gasteiger charge is 2.27. The van der Waals surface area contributed by atoms with Gasteiger partial charge in [-0.25, -0.2) is 9.64 Å². The molecular weight excluding hydrogens is 284 g/mol. The Bertz CT molecular complexity index is 1000. The smallest absolute Gasteiger partial charge is 0.328 e. The second-order valence-electron chi connectivity index (χ2n) is 4.68. The number of hydrogen-bond acceptors (Lipinski definition) is 4. The van der Waals surface area contributed by atoms with E-state index in [0.717, 1.165) is 0 Å². The highest BCUT2D eigenvalue weighted by Crippen LogP contribution is 2.34. The molecule has 0 aliphatic carbocycles. The summed E-state index contributed by atoms with van der Waals surface area (Å²) in [5.41, 5.74) is 0.712. The molecule has 7 heteroatoms. The molecule has 1 aromatic heterocycles. The number of benzene rings is 1. The van der Waals surface area contributed by atoms with Crippen molar-refractivity contribution in [3.63, 3.8) is 0 Å². The second kappa shape index (κ2) is 4.86. The van der Waals surface area contributed by atoms with E-state index in [1.807, 2.05) is 0 Å². The Balaban J connectivity index is 2.37. The first-order valence-corrected chi connectivity index (χ1v) is 6.35. The molecule has 0 fully saturated rings. The first-order valence-electron chi connectivity index (χ1n) is 6.35. The van der Waals surface area contributed by atoms with Crippen LogP contribution in [0.5, 0.6) is 5.88 Å². The fraction of sp³-hybridized carbons (Fsp3) is 0.0667. The largest absolute Gasteiger partial charge is 0.494 e. The van der Waals surface area contributed by atoms with Crippen molar-refractivity contribution in [3.05, 3.63) is 78.9 Å². The van der Waals surface area contributed by atoms with Gasteiger partial charge in [0.15, 0.2) is 5.70 Å². The normalized spacial score (nSPS) is 15.0. The van der Waals surface area contributed by atoms with Crippen LogP contribution >= 0.6 is 0 Å². The van der Waals surface area contributed by atoms with Crippen LogP contribution in [0.2, 0.25) is 0 Å². The third-order valence-corrected chi connectivity index (χ3v) is 3.33. The number of aromatic nitrogens is 2. The maximum atomic E-state index is 12.0. The molecule has 0 unspecified atom stereocenters. The fourth-order valence-electron chi connectivity index (χ4n) is 2.34. The molecule has 2 aromatic rings. The van der Waals surface area contributed by atoms with E-state index in [0.29, 0.717) is 22.5 Å².